The van der Waals surface area contributed by atoms with Crippen molar-refractivity contribution in [1.29, 1.82) is 0 Å². The van der Waals surface area contributed by atoms with Crippen molar-refractivity contribution < 1.29 is 9.47 Å². The molecule has 1 unspecified atom stereocenters. The number of hydrogen-bond donors (Lipinski definition) is 2. The number of nitrogens with zero attached hydrogens (tertiary/aromatic N) is 1. The highest BCUT2D eigenvalue weighted by Gasteiger charge is 2.12. The van der Waals surface area contributed by atoms with E-state index in [1.54, 1.807) is 7.05 Å². The van der Waals surface area contributed by atoms with Gasteiger partial charge in [-0.05, 0) is 63.3 Å². The summed E-state index contributed by atoms with van der Waals surface area (Å²) in [5, 5.41) is 6.81. The van der Waals surface area contributed by atoms with Gasteiger partial charge in [0, 0.05) is 13.6 Å². The zero-order chi connectivity index (χ0) is 18.5. The van der Waals surface area contributed by atoms with Gasteiger partial charge in [0.1, 0.15) is 0 Å². The van der Waals surface area contributed by atoms with E-state index in [-0.39, 0.29) is 30.0 Å². The molecule has 1 aromatic rings. The van der Waals surface area contributed by atoms with E-state index in [0.29, 0.717) is 13.2 Å². The molecule has 2 N–H and O–H groups in total. The quantitative estimate of drug-likeness (QED) is 0.205. The molecule has 0 aliphatic heterocycles. The molecule has 0 saturated carbocycles. The molecule has 0 heterocycles. The van der Waals surface area contributed by atoms with Crippen LogP contribution in [-0.4, -0.2) is 44.8 Å². The molecule has 1 aromatic carbocycles. The van der Waals surface area contributed by atoms with Crippen LogP contribution in [0.25, 0.3) is 0 Å². The second-order valence-corrected chi connectivity index (χ2v) is 6.62. The molecule has 1 rings (SSSR count). The van der Waals surface area contributed by atoms with Gasteiger partial charge in [-0.1, -0.05) is 6.07 Å². The van der Waals surface area contributed by atoms with E-state index in [1.165, 1.54) is 12.2 Å². The maximum atomic E-state index is 5.71. The number of hydrogen-bond acceptors (Lipinski definition) is 4. The minimum Gasteiger partial charge on any atom is -0.490 e. The van der Waals surface area contributed by atoms with Crippen LogP contribution >= 0.6 is 35.7 Å². The molecule has 0 aliphatic rings. The van der Waals surface area contributed by atoms with Crippen LogP contribution in [0.15, 0.2) is 23.2 Å². The molecule has 0 amide bonds. The third kappa shape index (κ3) is 9.21. The molecule has 1 atom stereocenters. The van der Waals surface area contributed by atoms with Crippen LogP contribution in [0, 0.1) is 0 Å². The molecule has 0 saturated heterocycles. The van der Waals surface area contributed by atoms with Gasteiger partial charge in [-0.2, -0.15) is 11.8 Å². The van der Waals surface area contributed by atoms with E-state index in [9.17, 15) is 0 Å². The van der Waals surface area contributed by atoms with E-state index < -0.39 is 0 Å². The zero-order valence-corrected chi connectivity index (χ0v) is 19.8. The van der Waals surface area contributed by atoms with Crippen molar-refractivity contribution in [3.8, 4) is 11.5 Å². The molecule has 26 heavy (non-hydrogen) atoms. The van der Waals surface area contributed by atoms with Crippen molar-refractivity contribution in [1.82, 2.24) is 10.6 Å². The van der Waals surface area contributed by atoms with Crippen molar-refractivity contribution in [3.63, 3.8) is 0 Å². The number of rotatable bonds is 11. The van der Waals surface area contributed by atoms with Crippen LogP contribution in [0.5, 0.6) is 11.5 Å². The fourth-order valence-corrected chi connectivity index (χ4v) is 2.89. The lowest BCUT2D eigenvalue weighted by atomic mass is 10.1. The smallest absolute Gasteiger partial charge is 0.191 e. The lowest BCUT2D eigenvalue weighted by Crippen LogP contribution is -2.39. The van der Waals surface area contributed by atoms with Crippen molar-refractivity contribution in [2.45, 2.75) is 39.7 Å². The third-order valence-electron chi connectivity index (χ3n) is 3.71. The molecular weight excluding hydrogens is 461 g/mol. The summed E-state index contributed by atoms with van der Waals surface area (Å²) in [6.45, 7) is 8.24. The average Bonchev–Trinajstić information content (AvgIpc) is 2.62. The Labute approximate surface area is 180 Å². The van der Waals surface area contributed by atoms with Crippen molar-refractivity contribution >= 4 is 41.7 Å². The molecule has 7 heteroatoms. The van der Waals surface area contributed by atoms with E-state index in [0.717, 1.165) is 36.0 Å². The number of thioether (sulfide) groups is 1. The highest BCUT2D eigenvalue weighted by Crippen LogP contribution is 2.30. The fourth-order valence-electron chi connectivity index (χ4n) is 2.40. The van der Waals surface area contributed by atoms with Crippen LogP contribution in [0.1, 0.15) is 45.2 Å². The van der Waals surface area contributed by atoms with Gasteiger partial charge in [-0.15, -0.1) is 24.0 Å². The Hall–Kier alpha value is -0.830. The summed E-state index contributed by atoms with van der Waals surface area (Å²) >= 11 is 1.89. The first-order valence-corrected chi connectivity index (χ1v) is 10.4. The minimum absolute atomic E-state index is 0. The van der Waals surface area contributed by atoms with E-state index in [4.69, 9.17) is 9.47 Å². The van der Waals surface area contributed by atoms with Gasteiger partial charge in [-0.25, -0.2) is 0 Å². The topological polar surface area (TPSA) is 54.9 Å². The number of aliphatic imine (C=N–C) groups is 1. The van der Waals surface area contributed by atoms with Crippen molar-refractivity contribution in [2.24, 2.45) is 4.99 Å². The Balaban J connectivity index is 0.00000625. The Kier molecular flexibility index (Phi) is 14.8. The summed E-state index contributed by atoms with van der Waals surface area (Å²) in [7, 11) is 1.80. The highest BCUT2D eigenvalue weighted by molar-refractivity contribution is 14.0. The summed E-state index contributed by atoms with van der Waals surface area (Å²) < 4.78 is 11.3. The Morgan fingerprint density at radius 2 is 1.85 bits per heavy atom. The number of halogens is 1. The third-order valence-corrected chi connectivity index (χ3v) is 4.41. The number of benzene rings is 1. The minimum atomic E-state index is 0. The average molecular weight is 495 g/mol. The molecule has 0 fully saturated rings. The largest absolute Gasteiger partial charge is 0.490 e. The first-order valence-electron chi connectivity index (χ1n) is 9.01. The van der Waals surface area contributed by atoms with Crippen LogP contribution in [-0.2, 0) is 0 Å². The zero-order valence-electron chi connectivity index (χ0n) is 16.6. The SMILES string of the molecule is CCOc1ccc(C(C)NC(=NC)NCCCCSC)cc1OCC.I. The highest BCUT2D eigenvalue weighted by atomic mass is 127. The molecule has 150 valence electrons. The molecule has 5 nitrogen and oxygen atoms in total. The molecule has 0 aliphatic carbocycles. The summed E-state index contributed by atoms with van der Waals surface area (Å²) in [4.78, 5) is 4.31. The van der Waals surface area contributed by atoms with Gasteiger partial charge in [0.15, 0.2) is 17.5 Å². The summed E-state index contributed by atoms with van der Waals surface area (Å²) in [5.41, 5.74) is 1.14. The second kappa shape index (κ2) is 15.2. The fraction of sp³-hybridized carbons (Fsp3) is 0.632. The Bertz CT molecular complexity index is 530. The second-order valence-electron chi connectivity index (χ2n) is 5.64. The van der Waals surface area contributed by atoms with E-state index in [1.807, 2.05) is 37.7 Å². The van der Waals surface area contributed by atoms with Crippen LogP contribution in [0.2, 0.25) is 0 Å². The van der Waals surface area contributed by atoms with Crippen molar-refractivity contribution in [2.75, 3.05) is 38.8 Å². The standard InChI is InChI=1S/C19H33N3O2S.HI/c1-6-23-17-11-10-16(14-18(17)24-7-2)15(3)22-19(20-4)21-12-8-9-13-25-5;/h10-11,14-15H,6-9,12-13H2,1-5H3,(H2,20,21,22);1H. The maximum absolute atomic E-state index is 5.71. The molecule has 0 radical (unpaired) electrons. The summed E-state index contributed by atoms with van der Waals surface area (Å²) in [6.07, 6.45) is 4.51. The van der Waals surface area contributed by atoms with Gasteiger partial charge in [0.05, 0.1) is 19.3 Å². The van der Waals surface area contributed by atoms with E-state index >= 15 is 0 Å². The van der Waals surface area contributed by atoms with Gasteiger partial charge in [0.25, 0.3) is 0 Å². The first kappa shape index (κ1) is 25.2. The molecule has 0 aromatic heterocycles. The van der Waals surface area contributed by atoms with Crippen molar-refractivity contribution in [3.05, 3.63) is 23.8 Å². The van der Waals surface area contributed by atoms with Crippen LogP contribution < -0.4 is 20.1 Å². The number of ether oxygens (including phenoxy) is 2. The maximum Gasteiger partial charge on any atom is 0.191 e. The number of nitrogens with one attached hydrogen (secondary N) is 2. The lowest BCUT2D eigenvalue weighted by Gasteiger charge is -2.20. The van der Waals surface area contributed by atoms with Gasteiger partial charge in [0.2, 0.25) is 0 Å². The summed E-state index contributed by atoms with van der Waals surface area (Å²) in [6, 6.07) is 6.20. The van der Waals surface area contributed by atoms with Gasteiger partial charge < -0.3 is 20.1 Å². The monoisotopic (exact) mass is 495 g/mol. The Morgan fingerprint density at radius 3 is 2.46 bits per heavy atom. The van der Waals surface area contributed by atoms with Gasteiger partial charge in [-0.3, -0.25) is 4.99 Å². The Morgan fingerprint density at radius 1 is 1.15 bits per heavy atom. The lowest BCUT2D eigenvalue weighted by molar-refractivity contribution is 0.287. The first-order chi connectivity index (χ1) is 12.2. The molecule has 0 bridgehead atoms. The van der Waals surface area contributed by atoms with Crippen LogP contribution in [0.4, 0.5) is 0 Å². The predicted octanol–water partition coefficient (Wildman–Crippen LogP) is 4.47. The number of unbranched alkanes of at least 4 members (excludes halogenated alkanes) is 1. The predicted molar refractivity (Wildman–Crippen MR) is 125 cm³/mol. The van der Waals surface area contributed by atoms with Crippen LogP contribution in [0.3, 0.4) is 0 Å². The summed E-state index contributed by atoms with van der Waals surface area (Å²) in [5.74, 6) is 3.60. The van der Waals surface area contributed by atoms with E-state index in [2.05, 4.69) is 34.9 Å². The normalized spacial score (nSPS) is 12.1. The molecular formula is C19H34IN3O2S. The molecule has 0 spiro atoms. The van der Waals surface area contributed by atoms with Gasteiger partial charge >= 0.3 is 0 Å². The number of guanidine groups is 1.